The van der Waals surface area contributed by atoms with E-state index in [-0.39, 0.29) is 5.78 Å². The van der Waals surface area contributed by atoms with Crippen LogP contribution >= 0.6 is 23.5 Å². The number of rotatable bonds is 6. The number of aromatic nitrogens is 3. The number of aryl methyl sites for hydroxylation is 1. The summed E-state index contributed by atoms with van der Waals surface area (Å²) in [7, 11) is 1.80. The average Bonchev–Trinajstić information content (AvgIpc) is 2.84. The van der Waals surface area contributed by atoms with E-state index in [1.165, 1.54) is 42.1 Å². The largest absolute Gasteiger partial charge is 0.312 e. The maximum absolute atomic E-state index is 12.2. The molecule has 110 valence electrons. The van der Waals surface area contributed by atoms with Crippen molar-refractivity contribution in [3.63, 3.8) is 0 Å². The zero-order chi connectivity index (χ0) is 15.2. The van der Waals surface area contributed by atoms with Crippen molar-refractivity contribution in [3.05, 3.63) is 47.6 Å². The number of hydrogen-bond donors (Lipinski definition) is 0. The Morgan fingerprint density at radius 1 is 1.33 bits per heavy atom. The van der Waals surface area contributed by atoms with Gasteiger partial charge in [-0.25, -0.2) is 0 Å². The lowest BCUT2D eigenvalue weighted by Gasteiger charge is -2.01. The van der Waals surface area contributed by atoms with Crippen LogP contribution in [-0.4, -0.2) is 26.3 Å². The van der Waals surface area contributed by atoms with E-state index in [0.29, 0.717) is 27.4 Å². The molecule has 1 aromatic carbocycles. The van der Waals surface area contributed by atoms with E-state index in [1.54, 1.807) is 23.4 Å². The number of alkyl halides is 2. The van der Waals surface area contributed by atoms with Gasteiger partial charge in [0.1, 0.15) is 6.33 Å². The van der Waals surface area contributed by atoms with E-state index >= 15 is 0 Å². The molecule has 21 heavy (non-hydrogen) atoms. The molecule has 0 aliphatic heterocycles. The number of benzene rings is 1. The van der Waals surface area contributed by atoms with Gasteiger partial charge in [-0.3, -0.25) is 4.79 Å². The van der Waals surface area contributed by atoms with Crippen LogP contribution in [0.2, 0.25) is 0 Å². The predicted octanol–water partition coefficient (Wildman–Crippen LogP) is 3.62. The Bertz CT molecular complexity index is 641. The van der Waals surface area contributed by atoms with Gasteiger partial charge in [0.2, 0.25) is 0 Å². The van der Waals surface area contributed by atoms with Crippen LogP contribution < -0.4 is 0 Å². The smallest absolute Gasteiger partial charge is 0.288 e. The van der Waals surface area contributed by atoms with Crippen molar-refractivity contribution in [3.8, 4) is 0 Å². The van der Waals surface area contributed by atoms with E-state index < -0.39 is 5.76 Å². The molecule has 0 aliphatic carbocycles. The summed E-state index contributed by atoms with van der Waals surface area (Å²) in [5.41, 5.74) is 0.448. The molecule has 0 saturated carbocycles. The van der Waals surface area contributed by atoms with Gasteiger partial charge in [0.15, 0.2) is 10.9 Å². The number of halogens is 2. The highest BCUT2D eigenvalue weighted by Crippen LogP contribution is 2.25. The SMILES string of the molecule is Cn1cnnc1S/C=C/C(=O)c1ccc(SC(F)F)cc1. The second-order valence-corrected chi connectivity index (χ2v) is 5.85. The maximum atomic E-state index is 12.2. The Morgan fingerprint density at radius 3 is 2.62 bits per heavy atom. The highest BCUT2D eigenvalue weighted by Gasteiger charge is 2.07. The first-order chi connectivity index (χ1) is 10.1. The molecule has 0 amide bonds. The van der Waals surface area contributed by atoms with E-state index in [4.69, 9.17) is 0 Å². The molecule has 0 bridgehead atoms. The quantitative estimate of drug-likeness (QED) is 0.461. The summed E-state index contributed by atoms with van der Waals surface area (Å²) < 4.78 is 26.1. The number of hydrogen-bond acceptors (Lipinski definition) is 5. The van der Waals surface area contributed by atoms with Gasteiger partial charge < -0.3 is 4.57 Å². The minimum absolute atomic E-state index is 0.196. The van der Waals surface area contributed by atoms with Gasteiger partial charge in [0.25, 0.3) is 5.76 Å². The highest BCUT2D eigenvalue weighted by molar-refractivity contribution is 8.02. The summed E-state index contributed by atoms with van der Waals surface area (Å²) in [5, 5.41) is 9.87. The lowest BCUT2D eigenvalue weighted by Crippen LogP contribution is -1.94. The topological polar surface area (TPSA) is 47.8 Å². The molecule has 1 aromatic heterocycles. The van der Waals surface area contributed by atoms with Gasteiger partial charge in [-0.05, 0) is 35.7 Å². The summed E-state index contributed by atoms with van der Waals surface area (Å²) in [6.45, 7) is 0. The van der Waals surface area contributed by atoms with E-state index in [0.717, 1.165) is 0 Å². The third kappa shape index (κ3) is 4.68. The number of ketones is 1. The lowest BCUT2D eigenvalue weighted by molar-refractivity contribution is 0.104. The first kappa shape index (κ1) is 15.7. The molecule has 0 saturated heterocycles. The fourth-order valence-corrected chi connectivity index (χ4v) is 2.55. The van der Waals surface area contributed by atoms with Gasteiger partial charge in [-0.2, -0.15) is 8.78 Å². The summed E-state index contributed by atoms with van der Waals surface area (Å²) in [5.74, 6) is -2.66. The van der Waals surface area contributed by atoms with Crippen molar-refractivity contribution in [1.82, 2.24) is 14.8 Å². The fourth-order valence-electron chi connectivity index (χ4n) is 1.43. The minimum Gasteiger partial charge on any atom is -0.312 e. The van der Waals surface area contributed by atoms with Gasteiger partial charge in [0.05, 0.1) is 0 Å². The van der Waals surface area contributed by atoms with Crippen LogP contribution in [0, 0.1) is 0 Å². The highest BCUT2D eigenvalue weighted by atomic mass is 32.2. The van der Waals surface area contributed by atoms with Gasteiger partial charge in [0, 0.05) is 17.5 Å². The van der Waals surface area contributed by atoms with Gasteiger partial charge in [-0.15, -0.1) is 10.2 Å². The third-order valence-corrected chi connectivity index (χ3v) is 4.00. The van der Waals surface area contributed by atoms with Crippen LogP contribution in [0.1, 0.15) is 10.4 Å². The Morgan fingerprint density at radius 2 is 2.05 bits per heavy atom. The number of carbonyl (C=O) groups excluding carboxylic acids is 1. The molecule has 0 radical (unpaired) electrons. The van der Waals surface area contributed by atoms with Crippen LogP contribution in [-0.2, 0) is 7.05 Å². The van der Waals surface area contributed by atoms with Crippen molar-refractivity contribution in [1.29, 1.82) is 0 Å². The van der Waals surface area contributed by atoms with Gasteiger partial charge in [-0.1, -0.05) is 23.5 Å². The summed E-state index contributed by atoms with van der Waals surface area (Å²) in [4.78, 5) is 12.3. The molecule has 0 aliphatic rings. The van der Waals surface area contributed by atoms with Crippen LogP contribution in [0.15, 0.2) is 52.1 Å². The molecular formula is C13H11F2N3OS2. The van der Waals surface area contributed by atoms with Crippen LogP contribution in [0.25, 0.3) is 0 Å². The normalized spacial score (nSPS) is 11.4. The minimum atomic E-state index is -2.46. The zero-order valence-electron chi connectivity index (χ0n) is 10.9. The third-order valence-electron chi connectivity index (χ3n) is 2.43. The van der Waals surface area contributed by atoms with Crippen molar-refractivity contribution >= 4 is 29.3 Å². The number of allylic oxidation sites excluding steroid dienone is 1. The second-order valence-electron chi connectivity index (χ2n) is 3.91. The second kappa shape index (κ2) is 7.37. The Hall–Kier alpha value is -1.67. The molecule has 0 unspecified atom stereocenters. The van der Waals surface area contributed by atoms with Crippen molar-refractivity contribution in [2.24, 2.45) is 7.05 Å². The summed E-state index contributed by atoms with van der Waals surface area (Å²) in [6, 6.07) is 6.08. The molecule has 4 nitrogen and oxygen atoms in total. The number of nitrogens with zero attached hydrogens (tertiary/aromatic N) is 3. The molecule has 0 atom stereocenters. The standard InChI is InChI=1S/C13H11F2N3OS2/c1-18-8-16-17-13(18)20-7-6-11(19)9-2-4-10(5-3-9)21-12(14)15/h2-8,12H,1H3/b7-6+. The van der Waals surface area contributed by atoms with Crippen LogP contribution in [0.3, 0.4) is 0 Å². The van der Waals surface area contributed by atoms with E-state index in [1.807, 2.05) is 0 Å². The molecule has 8 heteroatoms. The average molecular weight is 327 g/mol. The van der Waals surface area contributed by atoms with Crippen molar-refractivity contribution < 1.29 is 13.6 Å². The Labute approximate surface area is 128 Å². The molecule has 1 heterocycles. The predicted molar refractivity (Wildman–Crippen MR) is 78.6 cm³/mol. The number of carbonyl (C=O) groups is 1. The molecule has 2 aromatic rings. The molecule has 0 fully saturated rings. The lowest BCUT2D eigenvalue weighted by atomic mass is 10.1. The number of thioether (sulfide) groups is 2. The van der Waals surface area contributed by atoms with Crippen LogP contribution in [0.5, 0.6) is 0 Å². The van der Waals surface area contributed by atoms with Crippen LogP contribution in [0.4, 0.5) is 8.78 Å². The molecule has 0 spiro atoms. The van der Waals surface area contributed by atoms with Gasteiger partial charge >= 0.3 is 0 Å². The molecule has 2 rings (SSSR count). The van der Waals surface area contributed by atoms with Crippen molar-refractivity contribution in [2.45, 2.75) is 15.8 Å². The van der Waals surface area contributed by atoms with E-state index in [2.05, 4.69) is 10.2 Å². The fraction of sp³-hybridized carbons (Fsp3) is 0.154. The first-order valence-electron chi connectivity index (χ1n) is 5.82. The summed E-state index contributed by atoms with van der Waals surface area (Å²) in [6.07, 6.45) is 2.98. The zero-order valence-corrected chi connectivity index (χ0v) is 12.6. The molecular weight excluding hydrogens is 316 g/mol. The first-order valence-corrected chi connectivity index (χ1v) is 7.58. The molecule has 0 N–H and O–H groups in total. The Balaban J connectivity index is 1.95. The maximum Gasteiger partial charge on any atom is 0.288 e. The van der Waals surface area contributed by atoms with E-state index in [9.17, 15) is 13.6 Å². The summed E-state index contributed by atoms with van der Waals surface area (Å²) >= 11 is 1.72. The monoisotopic (exact) mass is 327 g/mol. The van der Waals surface area contributed by atoms with Crippen molar-refractivity contribution in [2.75, 3.05) is 0 Å². The Kier molecular flexibility index (Phi) is 5.51.